The number of hydrogen-bond acceptors (Lipinski definition) is 3. The van der Waals surface area contributed by atoms with Crippen LogP contribution in [0.5, 0.6) is 0 Å². The summed E-state index contributed by atoms with van der Waals surface area (Å²) in [5.41, 5.74) is 0. The van der Waals surface area contributed by atoms with Gasteiger partial charge in [0, 0.05) is 31.1 Å². The molecule has 3 fully saturated rings. The number of nitrogens with zero attached hydrogens (tertiary/aromatic N) is 2. The zero-order valence-electron chi connectivity index (χ0n) is 11.2. The van der Waals surface area contributed by atoms with Crippen LogP contribution in [0.25, 0.3) is 0 Å². The molecule has 0 aromatic rings. The van der Waals surface area contributed by atoms with E-state index in [4.69, 9.17) is 5.11 Å². The fourth-order valence-electron chi connectivity index (χ4n) is 4.29. The Kier molecular flexibility index (Phi) is 3.32. The zero-order chi connectivity index (χ0) is 12.7. The quantitative estimate of drug-likeness (QED) is 0.825. The van der Waals surface area contributed by atoms with Crippen molar-refractivity contribution in [1.29, 1.82) is 0 Å². The van der Waals surface area contributed by atoms with Crippen molar-refractivity contribution in [3.63, 3.8) is 0 Å². The topological polar surface area (TPSA) is 43.8 Å². The monoisotopic (exact) mass is 252 g/mol. The molecule has 3 atom stereocenters. The van der Waals surface area contributed by atoms with Crippen LogP contribution in [-0.2, 0) is 4.79 Å². The van der Waals surface area contributed by atoms with Crippen LogP contribution < -0.4 is 0 Å². The van der Waals surface area contributed by atoms with Gasteiger partial charge in [-0.05, 0) is 51.6 Å². The molecule has 2 bridgehead atoms. The van der Waals surface area contributed by atoms with Crippen molar-refractivity contribution in [2.75, 3.05) is 20.1 Å². The highest BCUT2D eigenvalue weighted by molar-refractivity contribution is 5.67. The molecule has 3 heterocycles. The minimum absolute atomic E-state index is 0.357. The molecule has 3 aliphatic heterocycles. The Morgan fingerprint density at radius 2 is 1.83 bits per heavy atom. The van der Waals surface area contributed by atoms with Crippen molar-refractivity contribution in [3.05, 3.63) is 0 Å². The summed E-state index contributed by atoms with van der Waals surface area (Å²) in [7, 11) is 2.27. The maximum atomic E-state index is 10.8. The van der Waals surface area contributed by atoms with Gasteiger partial charge in [-0.15, -0.1) is 0 Å². The number of carboxylic acid groups (broad SMARTS) is 1. The molecule has 0 amide bonds. The second-order valence-electron chi connectivity index (χ2n) is 6.42. The van der Waals surface area contributed by atoms with Gasteiger partial charge in [-0.25, -0.2) is 0 Å². The van der Waals surface area contributed by atoms with Gasteiger partial charge in [0.1, 0.15) is 0 Å². The summed E-state index contributed by atoms with van der Waals surface area (Å²) in [6.45, 7) is 2.13. The van der Waals surface area contributed by atoms with Gasteiger partial charge in [0.2, 0.25) is 0 Å². The summed E-state index contributed by atoms with van der Waals surface area (Å²) in [6, 6.07) is 2.29. The Hall–Kier alpha value is -0.610. The van der Waals surface area contributed by atoms with Crippen molar-refractivity contribution in [3.8, 4) is 0 Å². The summed E-state index contributed by atoms with van der Waals surface area (Å²) < 4.78 is 0. The highest BCUT2D eigenvalue weighted by atomic mass is 16.4. The minimum atomic E-state index is -0.634. The summed E-state index contributed by atoms with van der Waals surface area (Å²) in [4.78, 5) is 15.9. The summed E-state index contributed by atoms with van der Waals surface area (Å²) in [6.07, 6.45) is 6.76. The van der Waals surface area contributed by atoms with Crippen molar-refractivity contribution in [1.82, 2.24) is 9.80 Å². The Bertz CT molecular complexity index is 320. The Morgan fingerprint density at radius 3 is 2.44 bits per heavy atom. The molecule has 0 aromatic heterocycles. The van der Waals surface area contributed by atoms with E-state index in [1.54, 1.807) is 0 Å². The van der Waals surface area contributed by atoms with Crippen molar-refractivity contribution in [2.45, 2.75) is 56.7 Å². The molecule has 3 rings (SSSR count). The van der Waals surface area contributed by atoms with Crippen LogP contribution in [0.15, 0.2) is 0 Å². The standard InChI is InChI=1S/C14H24N2O2/c1-15-11-2-3-12(15)8-13(7-11)16-5-4-10(9-16)6-14(17)18/h10-13H,2-9H2,1H3,(H,17,18). The number of carbonyl (C=O) groups is 1. The molecule has 1 N–H and O–H groups in total. The Balaban J connectivity index is 1.56. The van der Waals surface area contributed by atoms with Crippen LogP contribution in [0.2, 0.25) is 0 Å². The third-order valence-corrected chi connectivity index (χ3v) is 5.37. The second kappa shape index (κ2) is 4.82. The largest absolute Gasteiger partial charge is 0.481 e. The molecule has 0 spiro atoms. The normalized spacial score (nSPS) is 41.4. The first kappa shape index (κ1) is 12.4. The van der Waals surface area contributed by atoms with Crippen molar-refractivity contribution >= 4 is 5.97 Å². The van der Waals surface area contributed by atoms with Gasteiger partial charge >= 0.3 is 5.97 Å². The van der Waals surface area contributed by atoms with Gasteiger partial charge in [-0.1, -0.05) is 0 Å². The molecule has 102 valence electrons. The Morgan fingerprint density at radius 1 is 1.17 bits per heavy atom. The lowest BCUT2D eigenvalue weighted by Gasteiger charge is -2.40. The number of hydrogen-bond donors (Lipinski definition) is 1. The molecule has 3 unspecified atom stereocenters. The molecule has 3 saturated heterocycles. The lowest BCUT2D eigenvalue weighted by Crippen LogP contribution is -2.48. The molecule has 4 nitrogen and oxygen atoms in total. The van der Waals surface area contributed by atoms with Crippen LogP contribution in [0.3, 0.4) is 0 Å². The third-order valence-electron chi connectivity index (χ3n) is 5.37. The number of likely N-dealkylation sites (tertiary alicyclic amines) is 1. The van der Waals surface area contributed by atoms with E-state index in [0.29, 0.717) is 12.3 Å². The van der Waals surface area contributed by atoms with Crippen LogP contribution >= 0.6 is 0 Å². The molecular formula is C14H24N2O2. The number of rotatable bonds is 3. The smallest absolute Gasteiger partial charge is 0.303 e. The van der Waals surface area contributed by atoms with E-state index >= 15 is 0 Å². The SMILES string of the molecule is CN1C2CCC1CC(N1CCC(CC(=O)O)C1)C2. The first-order valence-electron chi connectivity index (χ1n) is 7.31. The van der Waals surface area contributed by atoms with Gasteiger partial charge < -0.3 is 10.0 Å². The first-order valence-corrected chi connectivity index (χ1v) is 7.31. The van der Waals surface area contributed by atoms with E-state index in [-0.39, 0.29) is 0 Å². The first-order chi connectivity index (χ1) is 8.63. The minimum Gasteiger partial charge on any atom is -0.481 e. The molecule has 3 aliphatic rings. The molecule has 0 aliphatic carbocycles. The van der Waals surface area contributed by atoms with E-state index in [9.17, 15) is 4.79 Å². The second-order valence-corrected chi connectivity index (χ2v) is 6.42. The van der Waals surface area contributed by atoms with E-state index in [0.717, 1.165) is 37.6 Å². The molecular weight excluding hydrogens is 228 g/mol. The summed E-state index contributed by atoms with van der Waals surface area (Å²) in [5.74, 6) is -0.245. The molecule has 0 saturated carbocycles. The number of aliphatic carboxylic acids is 1. The van der Waals surface area contributed by atoms with Crippen LogP contribution in [-0.4, -0.2) is 59.1 Å². The number of fused-ring (bicyclic) bond motifs is 2. The lowest BCUT2D eigenvalue weighted by molar-refractivity contribution is -0.138. The number of piperidine rings is 1. The van der Waals surface area contributed by atoms with Crippen LogP contribution in [0.4, 0.5) is 0 Å². The maximum Gasteiger partial charge on any atom is 0.303 e. The van der Waals surface area contributed by atoms with Crippen molar-refractivity contribution < 1.29 is 9.90 Å². The third kappa shape index (κ3) is 2.28. The lowest BCUT2D eigenvalue weighted by atomic mass is 9.96. The summed E-state index contributed by atoms with van der Waals surface area (Å²) >= 11 is 0. The maximum absolute atomic E-state index is 10.8. The average Bonchev–Trinajstić information content (AvgIpc) is 2.81. The number of carboxylic acids is 1. The van der Waals surface area contributed by atoms with Gasteiger partial charge in [0.25, 0.3) is 0 Å². The Labute approximate surface area is 109 Å². The molecule has 18 heavy (non-hydrogen) atoms. The fraction of sp³-hybridized carbons (Fsp3) is 0.929. The molecule has 4 heteroatoms. The predicted molar refractivity (Wildman–Crippen MR) is 69.5 cm³/mol. The highest BCUT2D eigenvalue weighted by Crippen LogP contribution is 2.37. The molecule has 0 aromatic carbocycles. The van der Waals surface area contributed by atoms with E-state index in [2.05, 4.69) is 16.8 Å². The van der Waals surface area contributed by atoms with Crippen LogP contribution in [0, 0.1) is 5.92 Å². The van der Waals surface area contributed by atoms with Gasteiger partial charge in [-0.2, -0.15) is 0 Å². The highest BCUT2D eigenvalue weighted by Gasteiger charge is 2.41. The predicted octanol–water partition coefficient (Wildman–Crippen LogP) is 1.41. The average molecular weight is 252 g/mol. The van der Waals surface area contributed by atoms with Crippen LogP contribution in [0.1, 0.15) is 38.5 Å². The fourth-order valence-corrected chi connectivity index (χ4v) is 4.29. The summed E-state index contributed by atoms with van der Waals surface area (Å²) in [5, 5.41) is 8.87. The van der Waals surface area contributed by atoms with Gasteiger partial charge in [0.05, 0.1) is 0 Å². The van der Waals surface area contributed by atoms with Crippen molar-refractivity contribution in [2.24, 2.45) is 5.92 Å². The van der Waals surface area contributed by atoms with Gasteiger partial charge in [0.15, 0.2) is 0 Å². The molecule has 0 radical (unpaired) electrons. The van der Waals surface area contributed by atoms with Gasteiger partial charge in [-0.3, -0.25) is 9.69 Å². The van der Waals surface area contributed by atoms with E-state index in [1.807, 2.05) is 0 Å². The van der Waals surface area contributed by atoms with E-state index in [1.165, 1.54) is 25.7 Å². The van der Waals surface area contributed by atoms with E-state index < -0.39 is 5.97 Å². The zero-order valence-corrected chi connectivity index (χ0v) is 11.2.